The van der Waals surface area contributed by atoms with Crippen molar-refractivity contribution in [1.29, 1.82) is 0 Å². The van der Waals surface area contributed by atoms with Crippen LogP contribution in [-0.4, -0.2) is 15.5 Å². The largest absolute Gasteiger partial charge is 0.345 e. The van der Waals surface area contributed by atoms with E-state index in [-0.39, 0.29) is 17.5 Å². The first kappa shape index (κ1) is 18.5. The van der Waals surface area contributed by atoms with Crippen LogP contribution < -0.4 is 10.9 Å². The lowest BCUT2D eigenvalue weighted by molar-refractivity contribution is 0.0943. The molecule has 5 nitrogen and oxygen atoms in total. The van der Waals surface area contributed by atoms with Crippen LogP contribution in [0.2, 0.25) is 10.0 Å². The molecule has 3 heterocycles. The number of aryl methyl sites for hydroxylation is 2. The van der Waals surface area contributed by atoms with Crippen LogP contribution in [0.1, 0.15) is 46.0 Å². The van der Waals surface area contributed by atoms with Crippen LogP contribution in [0.4, 0.5) is 0 Å². The molecule has 1 amide bonds. The van der Waals surface area contributed by atoms with Crippen molar-refractivity contribution in [3.63, 3.8) is 0 Å². The molecule has 0 spiro atoms. The summed E-state index contributed by atoms with van der Waals surface area (Å²) in [5.41, 5.74) is 1.50. The number of hydrogen-bond acceptors (Lipinski definition) is 4. The molecular weight excluding hydrogens is 405 g/mol. The SMILES string of the molecule is Cc1c(C(=O)NC(C)c2ccc(Cl)c(Cl)c2)sc2nc3n(c(=O)c12)CCC3. The van der Waals surface area contributed by atoms with Gasteiger partial charge < -0.3 is 5.32 Å². The Labute approximate surface area is 169 Å². The van der Waals surface area contributed by atoms with Gasteiger partial charge in [0.25, 0.3) is 11.5 Å². The molecular formula is C19H17Cl2N3O2S. The first-order chi connectivity index (χ1) is 12.9. The number of aromatic nitrogens is 2. The minimum absolute atomic E-state index is 0.0437. The third-order valence-electron chi connectivity index (χ3n) is 4.91. The Kier molecular flexibility index (Phi) is 4.74. The molecule has 0 aliphatic carbocycles. The highest BCUT2D eigenvalue weighted by atomic mass is 35.5. The molecule has 4 rings (SSSR count). The van der Waals surface area contributed by atoms with Crippen molar-refractivity contribution in [2.24, 2.45) is 0 Å². The number of fused-ring (bicyclic) bond motifs is 2. The molecule has 8 heteroatoms. The predicted octanol–water partition coefficient (Wildman–Crippen LogP) is 4.51. The van der Waals surface area contributed by atoms with E-state index in [1.165, 1.54) is 11.3 Å². The highest BCUT2D eigenvalue weighted by Gasteiger charge is 2.24. The molecule has 1 aliphatic rings. The number of amides is 1. The number of carbonyl (C=O) groups is 1. The number of halogens is 2. The molecule has 1 atom stereocenters. The van der Waals surface area contributed by atoms with Gasteiger partial charge in [-0.2, -0.15) is 0 Å². The summed E-state index contributed by atoms with van der Waals surface area (Å²) in [5.74, 6) is 0.587. The molecule has 27 heavy (non-hydrogen) atoms. The lowest BCUT2D eigenvalue weighted by Crippen LogP contribution is -2.26. The van der Waals surface area contributed by atoms with Gasteiger partial charge in [-0.25, -0.2) is 4.98 Å². The molecule has 1 aliphatic heterocycles. The molecule has 0 saturated heterocycles. The zero-order chi connectivity index (χ0) is 19.3. The minimum atomic E-state index is -0.254. The Bertz CT molecular complexity index is 1140. The third-order valence-corrected chi connectivity index (χ3v) is 6.83. The fourth-order valence-electron chi connectivity index (χ4n) is 3.42. The first-order valence-electron chi connectivity index (χ1n) is 8.65. The normalized spacial score (nSPS) is 14.4. The van der Waals surface area contributed by atoms with E-state index >= 15 is 0 Å². The van der Waals surface area contributed by atoms with E-state index < -0.39 is 0 Å². The average molecular weight is 422 g/mol. The van der Waals surface area contributed by atoms with Gasteiger partial charge in [0.2, 0.25) is 0 Å². The number of nitrogens with zero attached hydrogens (tertiary/aromatic N) is 2. The summed E-state index contributed by atoms with van der Waals surface area (Å²) in [5, 5.41) is 4.44. The predicted molar refractivity (Wildman–Crippen MR) is 109 cm³/mol. The van der Waals surface area contributed by atoms with E-state index in [0.29, 0.717) is 37.2 Å². The van der Waals surface area contributed by atoms with Crippen molar-refractivity contribution < 1.29 is 4.79 Å². The van der Waals surface area contributed by atoms with E-state index in [1.54, 1.807) is 16.7 Å². The van der Waals surface area contributed by atoms with Crippen molar-refractivity contribution in [3.05, 3.63) is 60.4 Å². The summed E-state index contributed by atoms with van der Waals surface area (Å²) < 4.78 is 1.72. The molecule has 3 aromatic rings. The van der Waals surface area contributed by atoms with E-state index in [1.807, 2.05) is 19.9 Å². The van der Waals surface area contributed by atoms with Gasteiger partial charge in [-0.3, -0.25) is 14.2 Å². The Morgan fingerprint density at radius 3 is 2.85 bits per heavy atom. The lowest BCUT2D eigenvalue weighted by atomic mass is 10.1. The van der Waals surface area contributed by atoms with Gasteiger partial charge in [-0.15, -0.1) is 11.3 Å². The van der Waals surface area contributed by atoms with E-state index in [2.05, 4.69) is 10.3 Å². The summed E-state index contributed by atoms with van der Waals surface area (Å²) in [6.45, 7) is 4.38. The van der Waals surface area contributed by atoms with Gasteiger partial charge in [-0.05, 0) is 43.5 Å². The summed E-state index contributed by atoms with van der Waals surface area (Å²) in [4.78, 5) is 31.4. The van der Waals surface area contributed by atoms with Crippen LogP contribution in [0.15, 0.2) is 23.0 Å². The van der Waals surface area contributed by atoms with Gasteiger partial charge in [0.15, 0.2) is 0 Å². The zero-order valence-electron chi connectivity index (χ0n) is 14.8. The average Bonchev–Trinajstić information content (AvgIpc) is 3.22. The van der Waals surface area contributed by atoms with Crippen molar-refractivity contribution >= 4 is 50.7 Å². The van der Waals surface area contributed by atoms with Crippen molar-refractivity contribution in [2.75, 3.05) is 0 Å². The monoisotopic (exact) mass is 421 g/mol. The fourth-order valence-corrected chi connectivity index (χ4v) is 4.82. The standard InChI is InChI=1S/C19H17Cl2N3O2S/c1-9-15-18(23-14-4-3-7-24(14)19(15)26)27-16(9)17(25)22-10(2)11-5-6-12(20)13(21)8-11/h5-6,8,10H,3-4,7H2,1-2H3,(H,22,25). The molecule has 1 unspecified atom stereocenters. The second-order valence-electron chi connectivity index (χ2n) is 6.69. The Morgan fingerprint density at radius 2 is 2.11 bits per heavy atom. The van der Waals surface area contributed by atoms with Gasteiger partial charge in [0, 0.05) is 13.0 Å². The molecule has 0 bridgehead atoms. The van der Waals surface area contributed by atoms with Crippen LogP contribution in [0.25, 0.3) is 10.2 Å². The Morgan fingerprint density at radius 1 is 1.33 bits per heavy atom. The minimum Gasteiger partial charge on any atom is -0.345 e. The van der Waals surface area contributed by atoms with Crippen LogP contribution in [-0.2, 0) is 13.0 Å². The van der Waals surface area contributed by atoms with E-state index in [9.17, 15) is 9.59 Å². The topological polar surface area (TPSA) is 64.0 Å². The van der Waals surface area contributed by atoms with Gasteiger partial charge in [0.1, 0.15) is 10.7 Å². The molecule has 1 N–H and O–H groups in total. The highest BCUT2D eigenvalue weighted by Crippen LogP contribution is 2.30. The molecule has 0 saturated carbocycles. The van der Waals surface area contributed by atoms with Crippen molar-refractivity contribution in [2.45, 2.75) is 39.3 Å². The molecule has 2 aromatic heterocycles. The van der Waals surface area contributed by atoms with Crippen LogP contribution in [0.5, 0.6) is 0 Å². The van der Waals surface area contributed by atoms with Gasteiger partial charge in [-0.1, -0.05) is 29.3 Å². The Hall–Kier alpha value is -1.89. The number of nitrogens with one attached hydrogen (secondary N) is 1. The van der Waals surface area contributed by atoms with Crippen molar-refractivity contribution in [3.8, 4) is 0 Å². The van der Waals surface area contributed by atoms with Crippen LogP contribution >= 0.6 is 34.5 Å². The number of carbonyl (C=O) groups excluding carboxylic acids is 1. The number of benzene rings is 1. The maximum Gasteiger partial charge on any atom is 0.262 e. The summed E-state index contributed by atoms with van der Waals surface area (Å²) >= 11 is 13.3. The summed E-state index contributed by atoms with van der Waals surface area (Å²) in [6, 6.07) is 5.02. The molecule has 1 aromatic carbocycles. The second-order valence-corrected chi connectivity index (χ2v) is 8.51. The first-order valence-corrected chi connectivity index (χ1v) is 10.2. The lowest BCUT2D eigenvalue weighted by Gasteiger charge is -2.14. The molecule has 140 valence electrons. The number of thiophene rings is 1. The molecule has 0 fully saturated rings. The van der Waals surface area contributed by atoms with Crippen molar-refractivity contribution in [1.82, 2.24) is 14.9 Å². The number of rotatable bonds is 3. The van der Waals surface area contributed by atoms with Gasteiger partial charge >= 0.3 is 0 Å². The van der Waals surface area contributed by atoms with Crippen LogP contribution in [0.3, 0.4) is 0 Å². The Balaban J connectivity index is 1.67. The third kappa shape index (κ3) is 3.16. The van der Waals surface area contributed by atoms with E-state index in [0.717, 1.165) is 24.2 Å². The van der Waals surface area contributed by atoms with Gasteiger partial charge in [0.05, 0.1) is 26.4 Å². The summed E-state index contributed by atoms with van der Waals surface area (Å²) in [6.07, 6.45) is 1.74. The quantitative estimate of drug-likeness (QED) is 0.676. The maximum absolute atomic E-state index is 12.8. The van der Waals surface area contributed by atoms with Crippen LogP contribution in [0, 0.1) is 6.92 Å². The maximum atomic E-state index is 12.8. The number of hydrogen-bond donors (Lipinski definition) is 1. The molecule has 0 radical (unpaired) electrons. The second kappa shape index (κ2) is 6.93. The fraction of sp³-hybridized carbons (Fsp3) is 0.316. The smallest absolute Gasteiger partial charge is 0.262 e. The van der Waals surface area contributed by atoms with E-state index in [4.69, 9.17) is 23.2 Å². The highest BCUT2D eigenvalue weighted by molar-refractivity contribution is 7.20. The summed E-state index contributed by atoms with van der Waals surface area (Å²) in [7, 11) is 0. The zero-order valence-corrected chi connectivity index (χ0v) is 17.1.